The molecule has 0 radical (unpaired) electrons. The smallest absolute Gasteiger partial charge is 0.304 e. The SMILES string of the molecule is N=C(C=S)C1CC=C(C(F)(F)F)C(Cl)C1. The average molecular weight is 256 g/mol. The molecule has 0 bridgehead atoms. The Labute approximate surface area is 95.8 Å². The molecule has 2 atom stereocenters. The van der Waals surface area contributed by atoms with Crippen molar-refractivity contribution in [3.05, 3.63) is 11.6 Å². The van der Waals surface area contributed by atoms with Crippen molar-refractivity contribution in [1.82, 2.24) is 0 Å². The van der Waals surface area contributed by atoms with Crippen molar-refractivity contribution < 1.29 is 13.2 Å². The maximum Gasteiger partial charge on any atom is 0.413 e. The highest BCUT2D eigenvalue weighted by Gasteiger charge is 2.40. The summed E-state index contributed by atoms with van der Waals surface area (Å²) in [6.07, 6.45) is -2.99. The monoisotopic (exact) mass is 255 g/mol. The molecule has 0 fully saturated rings. The first-order chi connectivity index (χ1) is 6.86. The van der Waals surface area contributed by atoms with Crippen molar-refractivity contribution in [2.45, 2.75) is 24.4 Å². The summed E-state index contributed by atoms with van der Waals surface area (Å²) < 4.78 is 37.1. The van der Waals surface area contributed by atoms with Gasteiger partial charge in [0.05, 0.1) is 5.38 Å². The van der Waals surface area contributed by atoms with E-state index in [1.54, 1.807) is 0 Å². The molecule has 0 heterocycles. The summed E-state index contributed by atoms with van der Waals surface area (Å²) >= 11 is 10.2. The van der Waals surface area contributed by atoms with Crippen LogP contribution in [0.1, 0.15) is 12.8 Å². The lowest BCUT2D eigenvalue weighted by molar-refractivity contribution is -0.0947. The van der Waals surface area contributed by atoms with Crippen LogP contribution in [0.5, 0.6) is 0 Å². The summed E-state index contributed by atoms with van der Waals surface area (Å²) in [5, 5.41) is 7.53. The van der Waals surface area contributed by atoms with Crippen LogP contribution in [-0.4, -0.2) is 22.6 Å². The lowest BCUT2D eigenvalue weighted by Gasteiger charge is -2.26. The number of hydrogen-bond donors (Lipinski definition) is 1. The highest BCUT2D eigenvalue weighted by Crippen LogP contribution is 2.38. The van der Waals surface area contributed by atoms with E-state index >= 15 is 0 Å². The zero-order valence-corrected chi connectivity index (χ0v) is 9.22. The van der Waals surface area contributed by atoms with E-state index in [0.29, 0.717) is 0 Å². The molecule has 1 N–H and O–H groups in total. The van der Waals surface area contributed by atoms with Crippen molar-refractivity contribution in [1.29, 1.82) is 5.41 Å². The second-order valence-electron chi connectivity index (χ2n) is 3.37. The summed E-state index contributed by atoms with van der Waals surface area (Å²) in [4.78, 5) is 0. The molecule has 0 saturated heterocycles. The molecule has 84 valence electrons. The van der Waals surface area contributed by atoms with Crippen LogP contribution < -0.4 is 0 Å². The number of hydrogen-bond acceptors (Lipinski definition) is 2. The maximum absolute atomic E-state index is 12.4. The zero-order chi connectivity index (χ0) is 11.6. The van der Waals surface area contributed by atoms with Crippen LogP contribution in [-0.2, 0) is 0 Å². The van der Waals surface area contributed by atoms with Crippen molar-refractivity contribution >= 4 is 34.9 Å². The van der Waals surface area contributed by atoms with Crippen LogP contribution in [0.15, 0.2) is 11.6 Å². The van der Waals surface area contributed by atoms with Crippen molar-refractivity contribution in [3.8, 4) is 0 Å². The predicted octanol–water partition coefficient (Wildman–Crippen LogP) is 3.51. The van der Waals surface area contributed by atoms with Crippen molar-refractivity contribution in [2.75, 3.05) is 0 Å². The minimum atomic E-state index is -4.36. The number of nitrogens with one attached hydrogen (secondary N) is 1. The van der Waals surface area contributed by atoms with Gasteiger partial charge in [-0.1, -0.05) is 18.3 Å². The Morgan fingerprint density at radius 1 is 1.60 bits per heavy atom. The molecule has 0 aromatic heterocycles. The molecule has 1 rings (SSSR count). The van der Waals surface area contributed by atoms with Crippen molar-refractivity contribution in [3.63, 3.8) is 0 Å². The molecule has 15 heavy (non-hydrogen) atoms. The first kappa shape index (κ1) is 12.6. The molecule has 0 aliphatic heterocycles. The summed E-state index contributed by atoms with van der Waals surface area (Å²) in [7, 11) is 0. The Kier molecular flexibility index (Phi) is 3.89. The normalized spacial score (nSPS) is 27.1. The molecular formula is C9H9ClF3NS. The van der Waals surface area contributed by atoms with Gasteiger partial charge in [-0.05, 0) is 12.8 Å². The molecule has 0 spiro atoms. The standard InChI is InChI=1S/C9H9ClF3NS/c10-7-3-5(8(14)4-15)1-2-6(7)9(11,12)13/h2,4-5,7,14H,1,3H2. The fourth-order valence-electron chi connectivity index (χ4n) is 1.51. The Morgan fingerprint density at radius 3 is 2.60 bits per heavy atom. The molecule has 0 saturated carbocycles. The van der Waals surface area contributed by atoms with E-state index in [1.807, 2.05) is 0 Å². The fraction of sp³-hybridized carbons (Fsp3) is 0.556. The zero-order valence-electron chi connectivity index (χ0n) is 7.64. The third-order valence-electron chi connectivity index (χ3n) is 2.35. The Hall–Kier alpha value is -0.420. The average Bonchev–Trinajstić information content (AvgIpc) is 2.14. The first-order valence-electron chi connectivity index (χ1n) is 4.31. The van der Waals surface area contributed by atoms with Crippen LogP contribution in [0, 0.1) is 11.3 Å². The number of halogens is 4. The van der Waals surface area contributed by atoms with Gasteiger partial charge in [0.1, 0.15) is 0 Å². The second-order valence-corrected chi connectivity index (χ2v) is 4.13. The Balaban J connectivity index is 2.80. The van der Waals surface area contributed by atoms with E-state index < -0.39 is 17.1 Å². The van der Waals surface area contributed by atoms with Gasteiger partial charge in [0.25, 0.3) is 0 Å². The maximum atomic E-state index is 12.4. The van der Waals surface area contributed by atoms with Gasteiger partial charge in [-0.25, -0.2) is 0 Å². The van der Waals surface area contributed by atoms with Gasteiger partial charge in [0.2, 0.25) is 0 Å². The van der Waals surface area contributed by atoms with Gasteiger partial charge in [0.15, 0.2) is 0 Å². The molecule has 0 aromatic carbocycles. The molecule has 0 aromatic rings. The predicted molar refractivity (Wildman–Crippen MR) is 57.9 cm³/mol. The van der Waals surface area contributed by atoms with E-state index in [-0.39, 0.29) is 24.5 Å². The third kappa shape index (κ3) is 3.01. The van der Waals surface area contributed by atoms with E-state index in [9.17, 15) is 13.2 Å². The molecule has 1 aliphatic carbocycles. The highest BCUT2D eigenvalue weighted by molar-refractivity contribution is 7.80. The summed E-state index contributed by atoms with van der Waals surface area (Å²) in [5.41, 5.74) is -0.522. The van der Waals surface area contributed by atoms with Crippen LogP contribution in [0.25, 0.3) is 0 Å². The first-order valence-corrected chi connectivity index (χ1v) is 5.22. The van der Waals surface area contributed by atoms with Gasteiger partial charge < -0.3 is 5.41 Å². The number of thiocarbonyl (C=S) groups is 1. The van der Waals surface area contributed by atoms with Crippen LogP contribution in [0.4, 0.5) is 13.2 Å². The summed E-state index contributed by atoms with van der Waals surface area (Å²) in [6, 6.07) is 0. The van der Waals surface area contributed by atoms with Crippen molar-refractivity contribution in [2.24, 2.45) is 5.92 Å². The highest BCUT2D eigenvalue weighted by atomic mass is 35.5. The lowest BCUT2D eigenvalue weighted by Crippen LogP contribution is -2.29. The van der Waals surface area contributed by atoms with Crippen LogP contribution >= 0.6 is 23.8 Å². The Bertz CT molecular complexity index is 311. The Morgan fingerprint density at radius 2 is 2.20 bits per heavy atom. The topological polar surface area (TPSA) is 23.9 Å². The fourth-order valence-corrected chi connectivity index (χ4v) is 2.13. The quantitative estimate of drug-likeness (QED) is 0.347. The number of rotatable bonds is 2. The van der Waals surface area contributed by atoms with Gasteiger partial charge in [-0.15, -0.1) is 11.6 Å². The van der Waals surface area contributed by atoms with Gasteiger partial charge in [-0.2, -0.15) is 13.2 Å². The van der Waals surface area contributed by atoms with Crippen LogP contribution in [0.2, 0.25) is 0 Å². The molecular weight excluding hydrogens is 247 g/mol. The van der Waals surface area contributed by atoms with E-state index in [2.05, 4.69) is 12.2 Å². The van der Waals surface area contributed by atoms with Gasteiger partial charge in [0, 0.05) is 22.6 Å². The van der Waals surface area contributed by atoms with Gasteiger partial charge >= 0.3 is 6.18 Å². The number of allylic oxidation sites excluding steroid dienone is 2. The second kappa shape index (κ2) is 4.61. The molecule has 1 aliphatic rings. The molecule has 6 heteroatoms. The molecule has 2 unspecified atom stereocenters. The largest absolute Gasteiger partial charge is 0.413 e. The van der Waals surface area contributed by atoms with E-state index in [0.717, 1.165) is 6.08 Å². The van der Waals surface area contributed by atoms with Crippen LogP contribution in [0.3, 0.4) is 0 Å². The minimum absolute atomic E-state index is 0.124. The molecule has 0 amide bonds. The minimum Gasteiger partial charge on any atom is -0.304 e. The van der Waals surface area contributed by atoms with E-state index in [1.165, 1.54) is 5.37 Å². The molecule has 1 nitrogen and oxygen atoms in total. The van der Waals surface area contributed by atoms with E-state index in [4.69, 9.17) is 17.0 Å². The van der Waals surface area contributed by atoms with Gasteiger partial charge in [-0.3, -0.25) is 0 Å². The summed E-state index contributed by atoms with van der Waals surface area (Å²) in [5.74, 6) is -0.281. The number of alkyl halides is 4. The summed E-state index contributed by atoms with van der Waals surface area (Å²) in [6.45, 7) is 0. The lowest BCUT2D eigenvalue weighted by atomic mass is 9.86. The third-order valence-corrected chi connectivity index (χ3v) is 3.01.